The summed E-state index contributed by atoms with van der Waals surface area (Å²) in [6.07, 6.45) is 4.27. The summed E-state index contributed by atoms with van der Waals surface area (Å²) in [5.41, 5.74) is 1.34. The highest BCUT2D eigenvalue weighted by Crippen LogP contribution is 2.27. The third-order valence-electron chi connectivity index (χ3n) is 5.25. The van der Waals surface area contributed by atoms with E-state index in [1.165, 1.54) is 57.7 Å². The van der Waals surface area contributed by atoms with Gasteiger partial charge in [-0.05, 0) is 69.8 Å². The van der Waals surface area contributed by atoms with Gasteiger partial charge in [-0.1, -0.05) is 0 Å². The van der Waals surface area contributed by atoms with E-state index in [1.54, 1.807) is 0 Å². The van der Waals surface area contributed by atoms with E-state index in [4.69, 9.17) is 4.74 Å². The van der Waals surface area contributed by atoms with E-state index in [1.807, 2.05) is 0 Å². The monoisotopic (exact) mass is 331 g/mol. The smallest absolute Gasteiger partial charge is 0.119 e. The summed E-state index contributed by atoms with van der Waals surface area (Å²) in [7, 11) is 0. The molecular weight excluding hydrogens is 298 g/mol. The second kappa shape index (κ2) is 8.72. The third-order valence-corrected chi connectivity index (χ3v) is 5.25. The molecular formula is C20H33N3O. The molecule has 2 heterocycles. The van der Waals surface area contributed by atoms with Gasteiger partial charge in [0, 0.05) is 45.0 Å². The molecule has 2 aliphatic heterocycles. The Hall–Kier alpha value is -1.26. The molecule has 0 spiro atoms. The van der Waals surface area contributed by atoms with Gasteiger partial charge in [-0.2, -0.15) is 0 Å². The first-order chi connectivity index (χ1) is 11.7. The molecule has 134 valence electrons. The molecule has 1 N–H and O–H groups in total. The van der Waals surface area contributed by atoms with Crippen LogP contribution in [0.1, 0.15) is 33.1 Å². The van der Waals surface area contributed by atoms with Gasteiger partial charge in [0.15, 0.2) is 0 Å². The minimum absolute atomic E-state index is 0.238. The molecule has 24 heavy (non-hydrogen) atoms. The number of rotatable bonds is 6. The number of anilines is 1. The number of nitrogens with one attached hydrogen (secondary N) is 1. The second-order valence-corrected chi connectivity index (χ2v) is 7.47. The minimum atomic E-state index is 0.238. The first-order valence-corrected chi connectivity index (χ1v) is 9.65. The van der Waals surface area contributed by atoms with Gasteiger partial charge in [0.1, 0.15) is 5.75 Å². The molecule has 4 nitrogen and oxygen atoms in total. The maximum Gasteiger partial charge on any atom is 0.119 e. The maximum absolute atomic E-state index is 5.74. The van der Waals surface area contributed by atoms with Crippen LogP contribution in [0.4, 0.5) is 5.69 Å². The van der Waals surface area contributed by atoms with Gasteiger partial charge in [-0.15, -0.1) is 0 Å². The fraction of sp³-hybridized carbons (Fsp3) is 0.700. The molecule has 0 aliphatic carbocycles. The van der Waals surface area contributed by atoms with Crippen molar-refractivity contribution < 1.29 is 4.74 Å². The molecule has 0 radical (unpaired) electrons. The summed E-state index contributed by atoms with van der Waals surface area (Å²) >= 11 is 0. The van der Waals surface area contributed by atoms with E-state index in [9.17, 15) is 0 Å². The Balaban J connectivity index is 1.41. The van der Waals surface area contributed by atoms with Crippen LogP contribution in [0.15, 0.2) is 24.3 Å². The van der Waals surface area contributed by atoms with E-state index >= 15 is 0 Å². The fourth-order valence-corrected chi connectivity index (χ4v) is 3.79. The lowest BCUT2D eigenvalue weighted by Gasteiger charge is -2.35. The lowest BCUT2D eigenvalue weighted by Crippen LogP contribution is -2.44. The Labute approximate surface area is 147 Å². The zero-order valence-electron chi connectivity index (χ0n) is 15.3. The molecule has 0 unspecified atom stereocenters. The molecule has 3 rings (SSSR count). The van der Waals surface area contributed by atoms with E-state index in [0.29, 0.717) is 0 Å². The molecule has 2 fully saturated rings. The molecule has 0 saturated carbocycles. The Morgan fingerprint density at radius 2 is 1.71 bits per heavy atom. The Morgan fingerprint density at radius 1 is 1.04 bits per heavy atom. The molecule has 0 aromatic heterocycles. The molecule has 0 atom stereocenters. The number of hydrogen-bond acceptors (Lipinski definition) is 4. The van der Waals surface area contributed by atoms with Crippen molar-refractivity contribution in [3.05, 3.63) is 24.3 Å². The van der Waals surface area contributed by atoms with E-state index in [0.717, 1.165) is 24.8 Å². The van der Waals surface area contributed by atoms with Crippen molar-refractivity contribution in [2.75, 3.05) is 50.7 Å². The lowest BCUT2D eigenvalue weighted by molar-refractivity contribution is 0.215. The van der Waals surface area contributed by atoms with E-state index in [2.05, 4.69) is 53.2 Å². The van der Waals surface area contributed by atoms with Crippen molar-refractivity contribution in [3.8, 4) is 5.75 Å². The second-order valence-electron chi connectivity index (χ2n) is 7.47. The van der Waals surface area contributed by atoms with Crippen LogP contribution >= 0.6 is 0 Å². The zero-order valence-corrected chi connectivity index (χ0v) is 15.3. The topological polar surface area (TPSA) is 27.7 Å². The average molecular weight is 332 g/mol. The summed E-state index contributed by atoms with van der Waals surface area (Å²) < 4.78 is 5.74. The van der Waals surface area contributed by atoms with Gasteiger partial charge in [0.05, 0.1) is 6.10 Å². The van der Waals surface area contributed by atoms with Gasteiger partial charge in [-0.25, -0.2) is 0 Å². The number of piperazine rings is 1. The quantitative estimate of drug-likeness (QED) is 0.867. The first-order valence-electron chi connectivity index (χ1n) is 9.65. The van der Waals surface area contributed by atoms with Gasteiger partial charge in [0.25, 0.3) is 0 Å². The normalized spacial score (nSPS) is 20.5. The highest BCUT2D eigenvalue weighted by Gasteiger charge is 2.20. The summed E-state index contributed by atoms with van der Waals surface area (Å²) in [6, 6.07) is 8.62. The zero-order chi connectivity index (χ0) is 16.8. The SMILES string of the molecule is CC(C)Oc1ccc(N2CCC(CCN3CCNCC3)CC2)cc1. The van der Waals surface area contributed by atoms with Crippen LogP contribution < -0.4 is 15.0 Å². The summed E-state index contributed by atoms with van der Waals surface area (Å²) in [5, 5.41) is 3.43. The van der Waals surface area contributed by atoms with Crippen LogP contribution in [-0.2, 0) is 0 Å². The summed E-state index contributed by atoms with van der Waals surface area (Å²) in [6.45, 7) is 12.6. The lowest BCUT2D eigenvalue weighted by atomic mass is 9.93. The Morgan fingerprint density at radius 3 is 2.33 bits per heavy atom. The first kappa shape index (κ1) is 17.6. The average Bonchev–Trinajstić information content (AvgIpc) is 2.62. The van der Waals surface area contributed by atoms with Gasteiger partial charge in [0.2, 0.25) is 0 Å². The highest BCUT2D eigenvalue weighted by molar-refractivity contribution is 5.49. The van der Waals surface area contributed by atoms with Gasteiger partial charge >= 0.3 is 0 Å². The predicted octanol–water partition coefficient (Wildman–Crippen LogP) is 2.99. The third kappa shape index (κ3) is 5.12. The van der Waals surface area contributed by atoms with Crippen LogP contribution in [0.5, 0.6) is 5.75 Å². The van der Waals surface area contributed by atoms with Crippen LogP contribution in [0.3, 0.4) is 0 Å². The Bertz CT molecular complexity index is 474. The molecule has 2 saturated heterocycles. The number of benzene rings is 1. The van der Waals surface area contributed by atoms with Crippen LogP contribution in [0.2, 0.25) is 0 Å². The number of hydrogen-bond donors (Lipinski definition) is 1. The van der Waals surface area contributed by atoms with Crippen molar-refractivity contribution in [3.63, 3.8) is 0 Å². The Kier molecular flexibility index (Phi) is 6.38. The number of ether oxygens (including phenoxy) is 1. The summed E-state index contributed by atoms with van der Waals surface area (Å²) in [4.78, 5) is 5.15. The highest BCUT2D eigenvalue weighted by atomic mass is 16.5. The van der Waals surface area contributed by atoms with E-state index in [-0.39, 0.29) is 6.10 Å². The van der Waals surface area contributed by atoms with Crippen molar-refractivity contribution >= 4 is 5.69 Å². The van der Waals surface area contributed by atoms with Crippen molar-refractivity contribution in [2.45, 2.75) is 39.2 Å². The largest absolute Gasteiger partial charge is 0.491 e. The van der Waals surface area contributed by atoms with Crippen molar-refractivity contribution in [2.24, 2.45) is 5.92 Å². The molecule has 0 amide bonds. The van der Waals surface area contributed by atoms with Crippen molar-refractivity contribution in [1.29, 1.82) is 0 Å². The van der Waals surface area contributed by atoms with Crippen LogP contribution in [0.25, 0.3) is 0 Å². The van der Waals surface area contributed by atoms with Crippen molar-refractivity contribution in [1.82, 2.24) is 10.2 Å². The summed E-state index contributed by atoms with van der Waals surface area (Å²) in [5.74, 6) is 1.87. The molecule has 4 heteroatoms. The predicted molar refractivity (Wildman–Crippen MR) is 101 cm³/mol. The van der Waals surface area contributed by atoms with Crippen LogP contribution in [-0.4, -0.2) is 56.8 Å². The molecule has 2 aliphatic rings. The van der Waals surface area contributed by atoms with Crippen LogP contribution in [0, 0.1) is 5.92 Å². The fourth-order valence-electron chi connectivity index (χ4n) is 3.79. The van der Waals surface area contributed by atoms with Gasteiger partial charge < -0.3 is 19.9 Å². The van der Waals surface area contributed by atoms with Gasteiger partial charge in [-0.3, -0.25) is 0 Å². The van der Waals surface area contributed by atoms with E-state index < -0.39 is 0 Å². The minimum Gasteiger partial charge on any atom is -0.491 e. The molecule has 0 bridgehead atoms. The number of nitrogens with zero attached hydrogens (tertiary/aromatic N) is 2. The molecule has 1 aromatic rings. The standard InChI is InChI=1S/C20H33N3O/c1-17(2)24-20-5-3-19(4-6-20)23-13-8-18(9-14-23)7-12-22-15-10-21-11-16-22/h3-6,17-18,21H,7-16H2,1-2H3. The number of piperidine rings is 1. The molecule has 1 aromatic carbocycles. The maximum atomic E-state index is 5.74.